The molecule has 7 nitrogen and oxygen atoms in total. The Labute approximate surface area is 195 Å². The first kappa shape index (κ1) is 21.4. The van der Waals surface area contributed by atoms with Crippen LogP contribution in [0.5, 0.6) is 5.75 Å². The minimum atomic E-state index is -0.568. The first-order valence-electron chi connectivity index (χ1n) is 12.6. The highest BCUT2D eigenvalue weighted by atomic mass is 16.5. The van der Waals surface area contributed by atoms with Crippen molar-refractivity contribution in [2.75, 3.05) is 33.0 Å². The minimum absolute atomic E-state index is 0.0878. The number of benzene rings is 1. The molecule has 2 atom stereocenters. The number of amides is 2. The van der Waals surface area contributed by atoms with Crippen molar-refractivity contribution in [2.24, 2.45) is 5.41 Å². The Balaban J connectivity index is 1.34. The number of para-hydroxylation sites is 1. The van der Waals surface area contributed by atoms with Crippen molar-refractivity contribution in [3.8, 4) is 5.75 Å². The number of hydrogen-bond donors (Lipinski definition) is 1. The average Bonchev–Trinajstić information content (AvgIpc) is 3.63. The van der Waals surface area contributed by atoms with Gasteiger partial charge in [0.15, 0.2) is 0 Å². The molecule has 0 radical (unpaired) electrons. The summed E-state index contributed by atoms with van der Waals surface area (Å²) in [5, 5.41) is 3.22. The maximum atomic E-state index is 13.9. The van der Waals surface area contributed by atoms with Crippen molar-refractivity contribution in [1.82, 2.24) is 10.2 Å². The van der Waals surface area contributed by atoms with Gasteiger partial charge in [0.1, 0.15) is 19.0 Å². The number of fused-ring (bicyclic) bond motifs is 4. The van der Waals surface area contributed by atoms with Gasteiger partial charge >= 0.3 is 0 Å². The van der Waals surface area contributed by atoms with Gasteiger partial charge in [-0.1, -0.05) is 18.2 Å². The second-order valence-electron chi connectivity index (χ2n) is 10.7. The largest absolute Gasteiger partial charge is 0.492 e. The van der Waals surface area contributed by atoms with Crippen LogP contribution in [-0.4, -0.2) is 67.4 Å². The van der Waals surface area contributed by atoms with Gasteiger partial charge in [0.2, 0.25) is 11.8 Å². The topological polar surface area (TPSA) is 77.1 Å². The van der Waals surface area contributed by atoms with E-state index in [1.165, 1.54) is 5.56 Å². The number of piperidine rings is 1. The molecule has 2 saturated heterocycles. The molecule has 178 valence electrons. The van der Waals surface area contributed by atoms with Crippen LogP contribution < -0.4 is 10.1 Å². The molecule has 7 heteroatoms. The van der Waals surface area contributed by atoms with Crippen LogP contribution in [0.4, 0.5) is 0 Å². The SMILES string of the molecule is O=C1COC[C@]2(CCCN3C(=O)C4(CC4)COc4ccccc4[C@H]4CC[C@H](CC4)OC[C@@H]32)N1. The van der Waals surface area contributed by atoms with E-state index in [2.05, 4.69) is 23.5 Å². The molecule has 2 aliphatic carbocycles. The summed E-state index contributed by atoms with van der Waals surface area (Å²) in [4.78, 5) is 28.3. The van der Waals surface area contributed by atoms with E-state index in [4.69, 9.17) is 14.2 Å². The Morgan fingerprint density at radius 2 is 1.82 bits per heavy atom. The predicted molar refractivity (Wildman–Crippen MR) is 121 cm³/mol. The van der Waals surface area contributed by atoms with Gasteiger partial charge in [-0.3, -0.25) is 9.59 Å². The number of carbonyl (C=O) groups excluding carboxylic acids is 2. The monoisotopic (exact) mass is 454 g/mol. The van der Waals surface area contributed by atoms with Crippen LogP contribution in [0.25, 0.3) is 0 Å². The summed E-state index contributed by atoms with van der Waals surface area (Å²) >= 11 is 0. The third-order valence-corrected chi connectivity index (χ3v) is 8.61. The fourth-order valence-corrected chi connectivity index (χ4v) is 6.48. The molecule has 2 spiro atoms. The third-order valence-electron chi connectivity index (χ3n) is 8.61. The quantitative estimate of drug-likeness (QED) is 0.652. The lowest BCUT2D eigenvalue weighted by Gasteiger charge is -2.52. The lowest BCUT2D eigenvalue weighted by Crippen LogP contribution is -2.72. The Hall–Kier alpha value is -2.12. The summed E-state index contributed by atoms with van der Waals surface area (Å²) in [6.45, 7) is 2.07. The van der Waals surface area contributed by atoms with E-state index in [1.54, 1.807) is 0 Å². The number of hydrogen-bond acceptors (Lipinski definition) is 5. The molecule has 33 heavy (non-hydrogen) atoms. The van der Waals surface area contributed by atoms with Crippen LogP contribution in [0.3, 0.4) is 0 Å². The zero-order chi connectivity index (χ0) is 22.5. The molecule has 7 rings (SSSR count). The first-order chi connectivity index (χ1) is 16.1. The Morgan fingerprint density at radius 3 is 2.61 bits per heavy atom. The van der Waals surface area contributed by atoms with Crippen molar-refractivity contribution >= 4 is 11.8 Å². The van der Waals surface area contributed by atoms with Crippen molar-refractivity contribution in [3.63, 3.8) is 0 Å². The number of nitrogens with zero attached hydrogens (tertiary/aromatic N) is 1. The highest BCUT2D eigenvalue weighted by Gasteiger charge is 2.57. The smallest absolute Gasteiger partial charge is 0.246 e. The molecule has 1 aromatic carbocycles. The summed E-state index contributed by atoms with van der Waals surface area (Å²) in [5.74, 6) is 1.45. The van der Waals surface area contributed by atoms with E-state index in [0.717, 1.165) is 57.1 Å². The summed E-state index contributed by atoms with van der Waals surface area (Å²) in [5.41, 5.74) is 0.237. The van der Waals surface area contributed by atoms with Gasteiger partial charge in [0.05, 0.1) is 36.3 Å². The van der Waals surface area contributed by atoms with Gasteiger partial charge in [-0.2, -0.15) is 0 Å². The maximum Gasteiger partial charge on any atom is 0.246 e. The molecular formula is C26H34N2O5. The number of ether oxygens (including phenoxy) is 3. The minimum Gasteiger partial charge on any atom is -0.492 e. The molecule has 1 N–H and O–H groups in total. The fourth-order valence-electron chi connectivity index (χ4n) is 6.48. The standard InChI is InChI=1S/C26H34N2O5/c29-23-15-31-17-26(27-23)10-3-13-28-22(26)14-32-19-8-6-18(7-9-19)20-4-1-2-5-21(20)33-16-25(11-12-25)24(28)30/h1-2,4-5,18-19,22H,3,6-17H2,(H,27,29)/t18-,19+,22-,26+/m1/s1. The van der Waals surface area contributed by atoms with E-state index >= 15 is 0 Å². The number of rotatable bonds is 0. The maximum absolute atomic E-state index is 13.9. The van der Waals surface area contributed by atoms with E-state index < -0.39 is 11.0 Å². The fraction of sp³-hybridized carbons (Fsp3) is 0.692. The molecule has 4 aliphatic heterocycles. The Kier molecular flexibility index (Phi) is 5.37. The third kappa shape index (κ3) is 3.83. The van der Waals surface area contributed by atoms with E-state index in [1.807, 2.05) is 11.0 Å². The summed E-state index contributed by atoms with van der Waals surface area (Å²) in [6, 6.07) is 8.13. The van der Waals surface area contributed by atoms with Crippen molar-refractivity contribution in [1.29, 1.82) is 0 Å². The second kappa shape index (κ2) is 8.27. The van der Waals surface area contributed by atoms with Crippen molar-refractivity contribution in [3.05, 3.63) is 29.8 Å². The highest BCUT2D eigenvalue weighted by Crippen LogP contribution is 2.50. The molecule has 4 fully saturated rings. The number of carbonyl (C=O) groups is 2. The van der Waals surface area contributed by atoms with E-state index in [0.29, 0.717) is 32.3 Å². The van der Waals surface area contributed by atoms with Gasteiger partial charge in [-0.05, 0) is 68.9 Å². The summed E-state index contributed by atoms with van der Waals surface area (Å²) < 4.78 is 18.6. The van der Waals surface area contributed by atoms with Crippen molar-refractivity contribution < 1.29 is 23.8 Å². The normalized spacial score (nSPS) is 35.9. The van der Waals surface area contributed by atoms with Crippen LogP contribution in [0.15, 0.2) is 24.3 Å². The predicted octanol–water partition coefficient (Wildman–Crippen LogP) is 2.78. The highest BCUT2D eigenvalue weighted by molar-refractivity contribution is 5.86. The molecule has 2 amide bonds. The average molecular weight is 455 g/mol. The Bertz CT molecular complexity index is 919. The van der Waals surface area contributed by atoms with Crippen LogP contribution in [-0.2, 0) is 19.1 Å². The molecule has 2 saturated carbocycles. The van der Waals surface area contributed by atoms with Crippen LogP contribution in [0.2, 0.25) is 0 Å². The molecule has 0 unspecified atom stereocenters. The van der Waals surface area contributed by atoms with Gasteiger partial charge in [0, 0.05) is 6.54 Å². The Morgan fingerprint density at radius 1 is 1.00 bits per heavy atom. The second-order valence-corrected chi connectivity index (χ2v) is 10.7. The number of nitrogens with one attached hydrogen (secondary N) is 1. The van der Waals surface area contributed by atoms with Gasteiger partial charge in [0.25, 0.3) is 0 Å². The molecular weight excluding hydrogens is 420 g/mol. The lowest BCUT2D eigenvalue weighted by atomic mass is 9.79. The van der Waals surface area contributed by atoms with E-state index in [9.17, 15) is 9.59 Å². The molecule has 6 aliphatic rings. The van der Waals surface area contributed by atoms with Gasteiger partial charge in [-0.15, -0.1) is 0 Å². The van der Waals surface area contributed by atoms with Crippen LogP contribution in [0.1, 0.15) is 62.8 Å². The first-order valence-corrected chi connectivity index (χ1v) is 12.6. The van der Waals surface area contributed by atoms with Crippen molar-refractivity contribution in [2.45, 2.75) is 75.0 Å². The molecule has 2 bridgehead atoms. The zero-order valence-electron chi connectivity index (χ0n) is 19.2. The lowest BCUT2D eigenvalue weighted by molar-refractivity contribution is -0.159. The van der Waals surface area contributed by atoms with E-state index in [-0.39, 0.29) is 30.6 Å². The summed E-state index contributed by atoms with van der Waals surface area (Å²) in [7, 11) is 0. The van der Waals surface area contributed by atoms with Gasteiger partial charge < -0.3 is 24.4 Å². The van der Waals surface area contributed by atoms with Gasteiger partial charge in [-0.25, -0.2) is 0 Å². The van der Waals surface area contributed by atoms with Crippen LogP contribution >= 0.6 is 0 Å². The zero-order valence-corrected chi connectivity index (χ0v) is 19.2. The molecule has 1 aromatic rings. The molecule has 4 heterocycles. The van der Waals surface area contributed by atoms with Crippen LogP contribution in [0, 0.1) is 5.41 Å². The number of morpholine rings is 1. The molecule has 0 aromatic heterocycles. The summed E-state index contributed by atoms with van der Waals surface area (Å²) in [6.07, 6.45) is 7.68.